The van der Waals surface area contributed by atoms with E-state index in [0.29, 0.717) is 5.25 Å². The molecule has 0 bridgehead atoms. The lowest BCUT2D eigenvalue weighted by Crippen LogP contribution is -2.25. The van der Waals surface area contributed by atoms with Crippen molar-refractivity contribution in [3.8, 4) is 0 Å². The average molecular weight is 348 g/mol. The summed E-state index contributed by atoms with van der Waals surface area (Å²) in [6, 6.07) is 2.45. The van der Waals surface area contributed by atoms with E-state index in [1.807, 2.05) is 11.3 Å². The van der Waals surface area contributed by atoms with Crippen LogP contribution in [0.3, 0.4) is 0 Å². The highest BCUT2D eigenvalue weighted by molar-refractivity contribution is 9.10. The maximum absolute atomic E-state index is 6.20. The molecule has 0 aromatic carbocycles. The van der Waals surface area contributed by atoms with E-state index in [4.69, 9.17) is 5.73 Å². The highest BCUT2D eigenvalue weighted by Gasteiger charge is 2.26. The van der Waals surface area contributed by atoms with Crippen LogP contribution in [0.2, 0.25) is 0 Å². The summed E-state index contributed by atoms with van der Waals surface area (Å²) < 4.78 is 1.19. The number of rotatable bonds is 4. The maximum atomic E-state index is 6.20. The van der Waals surface area contributed by atoms with Crippen LogP contribution in [0.15, 0.2) is 15.9 Å². The normalized spacial score (nSPS) is 28.0. The summed E-state index contributed by atoms with van der Waals surface area (Å²) in [5.74, 6) is 0.889. The molecule has 0 saturated heterocycles. The molecule has 1 heterocycles. The molecule has 102 valence electrons. The first kappa shape index (κ1) is 14.9. The van der Waals surface area contributed by atoms with E-state index in [9.17, 15) is 0 Å². The SMILES string of the molecule is CC1CCCC(SC(c2cc(Br)cs2)C(C)N)C1. The molecule has 1 fully saturated rings. The van der Waals surface area contributed by atoms with Crippen molar-refractivity contribution in [1.82, 2.24) is 0 Å². The van der Waals surface area contributed by atoms with E-state index >= 15 is 0 Å². The van der Waals surface area contributed by atoms with Crippen molar-refractivity contribution in [3.63, 3.8) is 0 Å². The Kier molecular flexibility index (Phi) is 5.61. The second-order valence-electron chi connectivity index (χ2n) is 5.48. The zero-order valence-corrected chi connectivity index (χ0v) is 14.3. The Morgan fingerprint density at radius 3 is 2.83 bits per heavy atom. The Bertz CT molecular complexity index is 378. The van der Waals surface area contributed by atoms with E-state index in [2.05, 4.69) is 53.0 Å². The highest BCUT2D eigenvalue weighted by Crippen LogP contribution is 2.43. The molecule has 0 amide bonds. The molecule has 2 N–H and O–H groups in total. The quantitative estimate of drug-likeness (QED) is 0.808. The summed E-state index contributed by atoms with van der Waals surface area (Å²) in [6.07, 6.45) is 5.52. The molecule has 1 nitrogen and oxygen atoms in total. The van der Waals surface area contributed by atoms with Crippen LogP contribution < -0.4 is 5.73 Å². The minimum atomic E-state index is 0.220. The first-order chi connectivity index (χ1) is 8.56. The van der Waals surface area contributed by atoms with Crippen LogP contribution >= 0.6 is 39.0 Å². The fourth-order valence-corrected chi connectivity index (χ4v) is 6.12. The monoisotopic (exact) mass is 347 g/mol. The fraction of sp³-hybridized carbons (Fsp3) is 0.714. The van der Waals surface area contributed by atoms with Gasteiger partial charge in [-0.2, -0.15) is 0 Å². The topological polar surface area (TPSA) is 26.0 Å². The lowest BCUT2D eigenvalue weighted by molar-refractivity contribution is 0.393. The van der Waals surface area contributed by atoms with Gasteiger partial charge in [-0.1, -0.05) is 19.8 Å². The summed E-state index contributed by atoms with van der Waals surface area (Å²) in [4.78, 5) is 1.42. The molecule has 4 atom stereocenters. The van der Waals surface area contributed by atoms with Gasteiger partial charge in [0.25, 0.3) is 0 Å². The smallest absolute Gasteiger partial charge is 0.0542 e. The molecule has 18 heavy (non-hydrogen) atoms. The Hall–Kier alpha value is 0.490. The van der Waals surface area contributed by atoms with Gasteiger partial charge in [0.2, 0.25) is 0 Å². The predicted octanol–water partition coefficient (Wildman–Crippen LogP) is 5.21. The molecule has 4 heteroatoms. The molecular formula is C14H22BrNS2. The fourth-order valence-electron chi connectivity index (χ4n) is 2.64. The van der Waals surface area contributed by atoms with E-state index < -0.39 is 0 Å². The van der Waals surface area contributed by atoms with Gasteiger partial charge in [0.15, 0.2) is 0 Å². The number of hydrogen-bond acceptors (Lipinski definition) is 3. The molecule has 0 aliphatic heterocycles. The van der Waals surface area contributed by atoms with Gasteiger partial charge >= 0.3 is 0 Å². The largest absolute Gasteiger partial charge is 0.327 e. The van der Waals surface area contributed by atoms with Crippen molar-refractivity contribution in [3.05, 3.63) is 20.8 Å². The summed E-state index contributed by atoms with van der Waals surface area (Å²) in [7, 11) is 0. The van der Waals surface area contributed by atoms with Crippen molar-refractivity contribution < 1.29 is 0 Å². The van der Waals surface area contributed by atoms with Gasteiger partial charge in [0.05, 0.1) is 5.25 Å². The summed E-state index contributed by atoms with van der Waals surface area (Å²) in [5, 5.41) is 3.41. The van der Waals surface area contributed by atoms with E-state index in [0.717, 1.165) is 11.2 Å². The second kappa shape index (κ2) is 6.78. The first-order valence-electron chi connectivity index (χ1n) is 6.71. The molecule has 1 aromatic rings. The van der Waals surface area contributed by atoms with Crippen molar-refractivity contribution in [2.75, 3.05) is 0 Å². The van der Waals surface area contributed by atoms with Gasteiger partial charge in [-0.3, -0.25) is 0 Å². The van der Waals surface area contributed by atoms with Gasteiger partial charge in [-0.05, 0) is 47.7 Å². The number of thiophene rings is 1. The van der Waals surface area contributed by atoms with Crippen LogP contribution in [0.4, 0.5) is 0 Å². The number of nitrogens with two attached hydrogens (primary N) is 1. The van der Waals surface area contributed by atoms with Crippen LogP contribution in [-0.2, 0) is 0 Å². The molecule has 1 saturated carbocycles. The Morgan fingerprint density at radius 2 is 2.28 bits per heavy atom. The molecule has 0 spiro atoms. The molecule has 0 radical (unpaired) electrons. The van der Waals surface area contributed by atoms with Crippen molar-refractivity contribution >= 4 is 39.0 Å². The summed E-state index contributed by atoms with van der Waals surface area (Å²) in [6.45, 7) is 4.52. The summed E-state index contributed by atoms with van der Waals surface area (Å²) in [5.41, 5.74) is 6.20. The van der Waals surface area contributed by atoms with Crippen molar-refractivity contribution in [2.24, 2.45) is 11.7 Å². The third-order valence-corrected chi connectivity index (χ3v) is 7.29. The van der Waals surface area contributed by atoms with Gasteiger partial charge in [-0.15, -0.1) is 23.1 Å². The maximum Gasteiger partial charge on any atom is 0.0542 e. The van der Waals surface area contributed by atoms with Crippen LogP contribution in [0.1, 0.15) is 49.7 Å². The van der Waals surface area contributed by atoms with E-state index in [1.165, 1.54) is 35.0 Å². The van der Waals surface area contributed by atoms with Gasteiger partial charge in [0, 0.05) is 26.0 Å². The van der Waals surface area contributed by atoms with Crippen LogP contribution in [-0.4, -0.2) is 11.3 Å². The second-order valence-corrected chi connectivity index (χ2v) is 8.78. The lowest BCUT2D eigenvalue weighted by Gasteiger charge is -2.30. The number of thioether (sulfide) groups is 1. The van der Waals surface area contributed by atoms with E-state index in [1.54, 1.807) is 0 Å². The third kappa shape index (κ3) is 3.99. The van der Waals surface area contributed by atoms with Gasteiger partial charge in [0.1, 0.15) is 0 Å². The molecule has 4 unspecified atom stereocenters. The molecule has 1 aliphatic rings. The highest BCUT2D eigenvalue weighted by atomic mass is 79.9. The molecule has 1 aliphatic carbocycles. The minimum Gasteiger partial charge on any atom is -0.327 e. The van der Waals surface area contributed by atoms with Crippen LogP contribution in [0, 0.1) is 5.92 Å². The van der Waals surface area contributed by atoms with Crippen LogP contribution in [0.5, 0.6) is 0 Å². The summed E-state index contributed by atoms with van der Waals surface area (Å²) >= 11 is 7.48. The zero-order chi connectivity index (χ0) is 13.1. The van der Waals surface area contributed by atoms with Gasteiger partial charge in [-0.25, -0.2) is 0 Å². The lowest BCUT2D eigenvalue weighted by atomic mass is 9.91. The van der Waals surface area contributed by atoms with E-state index in [-0.39, 0.29) is 6.04 Å². The van der Waals surface area contributed by atoms with Gasteiger partial charge < -0.3 is 5.73 Å². The van der Waals surface area contributed by atoms with Crippen LogP contribution in [0.25, 0.3) is 0 Å². The number of halogens is 1. The van der Waals surface area contributed by atoms with Crippen molar-refractivity contribution in [1.29, 1.82) is 0 Å². The Labute approximate surface area is 127 Å². The molecule has 1 aromatic heterocycles. The average Bonchev–Trinajstić information content (AvgIpc) is 2.72. The Morgan fingerprint density at radius 1 is 1.50 bits per heavy atom. The first-order valence-corrected chi connectivity index (χ1v) is 9.32. The third-order valence-electron chi connectivity index (χ3n) is 3.57. The number of hydrogen-bond donors (Lipinski definition) is 1. The Balaban J connectivity index is 2.02. The predicted molar refractivity (Wildman–Crippen MR) is 87.4 cm³/mol. The standard InChI is InChI=1S/C14H22BrNS2/c1-9-4-3-5-12(6-9)18-14(10(2)16)13-7-11(15)8-17-13/h7-10,12,14H,3-6,16H2,1-2H3. The molecular weight excluding hydrogens is 326 g/mol. The van der Waals surface area contributed by atoms with Crippen molar-refractivity contribution in [2.45, 2.75) is 56.1 Å². The minimum absolute atomic E-state index is 0.220. The zero-order valence-electron chi connectivity index (χ0n) is 11.1. The molecule has 2 rings (SSSR count).